The number of thiocarbonyl (C=S) groups is 1. The lowest BCUT2D eigenvalue weighted by molar-refractivity contribution is 0.404. The summed E-state index contributed by atoms with van der Waals surface area (Å²) in [5.74, 6) is 1.86. The fourth-order valence-corrected chi connectivity index (χ4v) is 2.86. The highest BCUT2D eigenvalue weighted by Gasteiger charge is 2.19. The van der Waals surface area contributed by atoms with Crippen LogP contribution < -0.4 is 15.9 Å². The van der Waals surface area contributed by atoms with Gasteiger partial charge in [-0.3, -0.25) is 5.43 Å². The molecule has 0 aliphatic carbocycles. The Bertz CT molecular complexity index is 474. The van der Waals surface area contributed by atoms with E-state index in [9.17, 15) is 0 Å². The van der Waals surface area contributed by atoms with Crippen LogP contribution >= 0.6 is 24.0 Å². The molecule has 4 nitrogen and oxygen atoms in total. The SMILES string of the molecule is COc1cccc2c1SCCC2=NNC(N)=S. The second-order valence-electron chi connectivity index (χ2n) is 3.47. The van der Waals surface area contributed by atoms with Crippen molar-refractivity contribution < 1.29 is 4.74 Å². The molecule has 90 valence electrons. The third-order valence-electron chi connectivity index (χ3n) is 2.40. The maximum absolute atomic E-state index is 5.37. The van der Waals surface area contributed by atoms with E-state index >= 15 is 0 Å². The monoisotopic (exact) mass is 267 g/mol. The van der Waals surface area contributed by atoms with Crippen molar-refractivity contribution in [2.24, 2.45) is 10.8 Å². The third-order valence-corrected chi connectivity index (χ3v) is 3.61. The van der Waals surface area contributed by atoms with Gasteiger partial charge in [-0.2, -0.15) is 5.10 Å². The number of hydrogen-bond donors (Lipinski definition) is 2. The maximum atomic E-state index is 5.37. The molecule has 0 amide bonds. The third kappa shape index (κ3) is 2.70. The molecule has 1 aliphatic heterocycles. The molecule has 6 heteroatoms. The lowest BCUT2D eigenvalue weighted by atomic mass is 10.1. The minimum atomic E-state index is 0.181. The molecule has 1 aliphatic rings. The van der Waals surface area contributed by atoms with Crippen LogP contribution in [0.4, 0.5) is 0 Å². The molecule has 0 radical (unpaired) electrons. The first kappa shape index (κ1) is 12.2. The molecule has 0 aromatic heterocycles. The Kier molecular flexibility index (Phi) is 3.86. The van der Waals surface area contributed by atoms with Crippen molar-refractivity contribution in [3.05, 3.63) is 23.8 Å². The van der Waals surface area contributed by atoms with E-state index in [-0.39, 0.29) is 5.11 Å². The summed E-state index contributed by atoms with van der Waals surface area (Å²) in [5.41, 5.74) is 10.1. The Balaban J connectivity index is 2.38. The standard InChI is InChI=1S/C11H13N3OS2/c1-15-9-4-2-3-7-8(13-14-11(12)16)5-6-17-10(7)9/h2-4H,5-6H2,1H3,(H3,12,14,16). The first-order valence-corrected chi connectivity index (χ1v) is 6.54. The summed E-state index contributed by atoms with van der Waals surface area (Å²) in [5, 5.41) is 4.41. The smallest absolute Gasteiger partial charge is 0.184 e. The predicted octanol–water partition coefficient (Wildman–Crippen LogP) is 1.73. The van der Waals surface area contributed by atoms with Crippen molar-refractivity contribution in [3.8, 4) is 5.75 Å². The number of benzene rings is 1. The Labute approximate surface area is 110 Å². The number of nitrogens with one attached hydrogen (secondary N) is 1. The van der Waals surface area contributed by atoms with Crippen molar-refractivity contribution >= 4 is 34.8 Å². The molecule has 1 aromatic carbocycles. The number of methoxy groups -OCH3 is 1. The molecule has 3 N–H and O–H groups in total. The molecule has 0 saturated heterocycles. The number of hydrazone groups is 1. The predicted molar refractivity (Wildman–Crippen MR) is 74.8 cm³/mol. The van der Waals surface area contributed by atoms with E-state index in [1.165, 1.54) is 0 Å². The first-order valence-electron chi connectivity index (χ1n) is 5.14. The van der Waals surface area contributed by atoms with Gasteiger partial charge >= 0.3 is 0 Å². The normalized spacial score (nSPS) is 16.4. The molecule has 0 saturated carbocycles. The molecule has 17 heavy (non-hydrogen) atoms. The zero-order chi connectivity index (χ0) is 12.3. The second-order valence-corrected chi connectivity index (χ2v) is 5.01. The zero-order valence-electron chi connectivity index (χ0n) is 9.40. The summed E-state index contributed by atoms with van der Waals surface area (Å²) in [7, 11) is 1.68. The summed E-state index contributed by atoms with van der Waals surface area (Å²) < 4.78 is 5.34. The summed E-state index contributed by atoms with van der Waals surface area (Å²) in [6.45, 7) is 0. The van der Waals surface area contributed by atoms with Crippen LogP contribution in [0.5, 0.6) is 5.75 Å². The van der Waals surface area contributed by atoms with Crippen LogP contribution in [0.15, 0.2) is 28.2 Å². The van der Waals surface area contributed by atoms with Gasteiger partial charge in [0.25, 0.3) is 0 Å². The first-order chi connectivity index (χ1) is 8.22. The largest absolute Gasteiger partial charge is 0.496 e. The number of ether oxygens (including phenoxy) is 1. The Morgan fingerprint density at radius 1 is 1.59 bits per heavy atom. The Hall–Kier alpha value is -1.27. The topological polar surface area (TPSA) is 59.6 Å². The molecule has 0 bridgehead atoms. The van der Waals surface area contributed by atoms with E-state index in [2.05, 4.69) is 10.5 Å². The van der Waals surface area contributed by atoms with E-state index in [0.717, 1.165) is 34.1 Å². The molecular formula is C11H13N3OS2. The number of nitrogens with two attached hydrogens (primary N) is 1. The quantitative estimate of drug-likeness (QED) is 0.631. The summed E-state index contributed by atoms with van der Waals surface area (Å²) >= 11 is 6.52. The maximum Gasteiger partial charge on any atom is 0.184 e. The molecule has 2 rings (SSSR count). The fourth-order valence-electron chi connectivity index (χ4n) is 1.68. The highest BCUT2D eigenvalue weighted by atomic mass is 32.2. The summed E-state index contributed by atoms with van der Waals surface area (Å²) in [6, 6.07) is 5.94. The van der Waals surface area contributed by atoms with Crippen molar-refractivity contribution in [3.63, 3.8) is 0 Å². The van der Waals surface area contributed by atoms with Gasteiger partial charge in [-0.15, -0.1) is 11.8 Å². The van der Waals surface area contributed by atoms with Gasteiger partial charge in [-0.05, 0) is 18.3 Å². The number of fused-ring (bicyclic) bond motifs is 1. The average molecular weight is 267 g/mol. The minimum Gasteiger partial charge on any atom is -0.496 e. The molecule has 0 unspecified atom stereocenters. The number of hydrogen-bond acceptors (Lipinski definition) is 4. The van der Waals surface area contributed by atoms with Gasteiger partial charge < -0.3 is 10.5 Å². The number of nitrogens with zero attached hydrogens (tertiary/aromatic N) is 1. The second kappa shape index (κ2) is 5.37. The number of thioether (sulfide) groups is 1. The van der Waals surface area contributed by atoms with E-state index in [0.29, 0.717) is 0 Å². The van der Waals surface area contributed by atoms with Gasteiger partial charge in [0.15, 0.2) is 5.11 Å². The van der Waals surface area contributed by atoms with Gasteiger partial charge in [-0.25, -0.2) is 0 Å². The van der Waals surface area contributed by atoms with Gasteiger partial charge in [-0.1, -0.05) is 12.1 Å². The van der Waals surface area contributed by atoms with Crippen LogP contribution in [-0.2, 0) is 0 Å². The highest BCUT2D eigenvalue weighted by molar-refractivity contribution is 7.99. The van der Waals surface area contributed by atoms with Gasteiger partial charge in [0.2, 0.25) is 0 Å². The highest BCUT2D eigenvalue weighted by Crippen LogP contribution is 2.37. The number of rotatable bonds is 2. The molecule has 1 heterocycles. The molecule has 0 fully saturated rings. The fraction of sp³-hybridized carbons (Fsp3) is 0.273. The average Bonchev–Trinajstić information content (AvgIpc) is 2.35. The van der Waals surface area contributed by atoms with Crippen LogP contribution in [-0.4, -0.2) is 23.7 Å². The van der Waals surface area contributed by atoms with Crippen LogP contribution in [0.2, 0.25) is 0 Å². The molecular weight excluding hydrogens is 254 g/mol. The minimum absolute atomic E-state index is 0.181. The van der Waals surface area contributed by atoms with Crippen molar-refractivity contribution in [1.29, 1.82) is 0 Å². The zero-order valence-corrected chi connectivity index (χ0v) is 11.0. The van der Waals surface area contributed by atoms with Crippen molar-refractivity contribution in [2.75, 3.05) is 12.9 Å². The lowest BCUT2D eigenvalue weighted by Crippen LogP contribution is -2.26. The van der Waals surface area contributed by atoms with E-state index in [1.807, 2.05) is 18.2 Å². The van der Waals surface area contributed by atoms with E-state index < -0.39 is 0 Å². The lowest BCUT2D eigenvalue weighted by Gasteiger charge is -2.19. The van der Waals surface area contributed by atoms with Crippen molar-refractivity contribution in [1.82, 2.24) is 5.43 Å². The Morgan fingerprint density at radius 2 is 2.41 bits per heavy atom. The van der Waals surface area contributed by atoms with Gasteiger partial charge in [0.05, 0.1) is 17.7 Å². The van der Waals surface area contributed by atoms with Crippen LogP contribution in [0.1, 0.15) is 12.0 Å². The summed E-state index contributed by atoms with van der Waals surface area (Å²) in [4.78, 5) is 1.13. The van der Waals surface area contributed by atoms with Crippen LogP contribution in [0.25, 0.3) is 0 Å². The van der Waals surface area contributed by atoms with Gasteiger partial charge in [0, 0.05) is 17.7 Å². The molecule has 1 aromatic rings. The Morgan fingerprint density at radius 3 is 3.12 bits per heavy atom. The summed E-state index contributed by atoms with van der Waals surface area (Å²) in [6.07, 6.45) is 0.889. The van der Waals surface area contributed by atoms with E-state index in [4.69, 9.17) is 22.7 Å². The van der Waals surface area contributed by atoms with Crippen molar-refractivity contribution in [2.45, 2.75) is 11.3 Å². The van der Waals surface area contributed by atoms with Crippen LogP contribution in [0.3, 0.4) is 0 Å². The van der Waals surface area contributed by atoms with Gasteiger partial charge in [0.1, 0.15) is 5.75 Å². The molecule has 0 atom stereocenters. The van der Waals surface area contributed by atoms with Crippen LogP contribution in [0, 0.1) is 0 Å². The van der Waals surface area contributed by atoms with E-state index in [1.54, 1.807) is 18.9 Å². The molecule has 0 spiro atoms.